The smallest absolute Gasteiger partial charge is 0.466 e. The number of ether oxygens (including phenoxy) is 3. The molecule has 0 aliphatic carbocycles. The summed E-state index contributed by atoms with van der Waals surface area (Å²) in [7, 11) is 2.55. The maximum Gasteiger partial charge on any atom is 0.493 e. The quantitative estimate of drug-likeness (QED) is 0.714. The standard InChI is InChI=1S/C11H12F3N5O5/c1-21-3-4-23-9-17-6(15)5-7(18-9)19(10(16-5)22-2)24-8(20)11(12,13)14/h3-4H2,1-2H3,(H2,15,17,18). The van der Waals surface area contributed by atoms with Crippen LogP contribution in [0.1, 0.15) is 0 Å². The maximum absolute atomic E-state index is 12.4. The number of imidazole rings is 1. The number of nitrogens with zero attached hydrogens (tertiary/aromatic N) is 4. The van der Waals surface area contributed by atoms with E-state index in [9.17, 15) is 18.0 Å². The Labute approximate surface area is 132 Å². The van der Waals surface area contributed by atoms with Crippen molar-refractivity contribution < 1.29 is 37.0 Å². The van der Waals surface area contributed by atoms with Crippen LogP contribution in [0.2, 0.25) is 0 Å². The number of carbonyl (C=O) groups excluding carboxylic acids is 1. The van der Waals surface area contributed by atoms with Crippen LogP contribution < -0.4 is 20.0 Å². The van der Waals surface area contributed by atoms with E-state index in [1.54, 1.807) is 0 Å². The van der Waals surface area contributed by atoms with Gasteiger partial charge in [0.25, 0.3) is 0 Å². The van der Waals surface area contributed by atoms with Crippen LogP contribution in [0.5, 0.6) is 12.0 Å². The van der Waals surface area contributed by atoms with Crippen molar-refractivity contribution >= 4 is 23.0 Å². The van der Waals surface area contributed by atoms with E-state index in [0.717, 1.165) is 7.11 Å². The zero-order chi connectivity index (χ0) is 17.9. The van der Waals surface area contributed by atoms with Crippen molar-refractivity contribution in [2.24, 2.45) is 0 Å². The van der Waals surface area contributed by atoms with Gasteiger partial charge in [0, 0.05) is 7.11 Å². The van der Waals surface area contributed by atoms with Gasteiger partial charge in [-0.1, -0.05) is 4.73 Å². The second-order valence-corrected chi connectivity index (χ2v) is 4.17. The van der Waals surface area contributed by atoms with E-state index < -0.39 is 18.2 Å². The Morgan fingerprint density at radius 1 is 1.21 bits per heavy atom. The summed E-state index contributed by atoms with van der Waals surface area (Å²) in [5, 5.41) is 0. The molecule has 0 aliphatic rings. The predicted octanol–water partition coefficient (Wildman–Crippen LogP) is -0.0402. The lowest BCUT2D eigenvalue weighted by atomic mass is 10.5. The van der Waals surface area contributed by atoms with Gasteiger partial charge in [-0.3, -0.25) is 0 Å². The van der Waals surface area contributed by atoms with Gasteiger partial charge in [0.1, 0.15) is 6.61 Å². The molecular weight excluding hydrogens is 339 g/mol. The third-order valence-corrected chi connectivity index (χ3v) is 2.55. The van der Waals surface area contributed by atoms with Gasteiger partial charge in [-0.05, 0) is 0 Å². The number of methoxy groups -OCH3 is 2. The lowest BCUT2D eigenvalue weighted by Gasteiger charge is -2.09. The van der Waals surface area contributed by atoms with Crippen LogP contribution in [0.15, 0.2) is 0 Å². The summed E-state index contributed by atoms with van der Waals surface area (Å²) in [6.45, 7) is 0.280. The number of rotatable bonds is 6. The third kappa shape index (κ3) is 3.56. The number of hydrogen-bond donors (Lipinski definition) is 1. The van der Waals surface area contributed by atoms with E-state index in [1.807, 2.05) is 0 Å². The molecule has 0 saturated heterocycles. The molecule has 2 aromatic heterocycles. The van der Waals surface area contributed by atoms with Gasteiger partial charge in [-0.2, -0.15) is 28.1 Å². The zero-order valence-corrected chi connectivity index (χ0v) is 12.5. The number of aromatic nitrogens is 4. The predicted molar refractivity (Wildman–Crippen MR) is 71.3 cm³/mol. The number of anilines is 1. The average Bonchev–Trinajstić information content (AvgIpc) is 2.85. The molecule has 13 heteroatoms. The Bertz CT molecular complexity index is 748. The van der Waals surface area contributed by atoms with Crippen molar-refractivity contribution in [2.75, 3.05) is 33.2 Å². The van der Waals surface area contributed by atoms with Gasteiger partial charge < -0.3 is 24.8 Å². The van der Waals surface area contributed by atoms with Crippen molar-refractivity contribution in [2.45, 2.75) is 6.18 Å². The van der Waals surface area contributed by atoms with E-state index in [0.29, 0.717) is 4.73 Å². The number of nitrogens with two attached hydrogens (primary N) is 1. The summed E-state index contributed by atoms with van der Waals surface area (Å²) in [4.78, 5) is 26.7. The molecule has 0 bridgehead atoms. The Balaban J connectivity index is 2.45. The van der Waals surface area contributed by atoms with Crippen LogP contribution in [0.25, 0.3) is 11.2 Å². The fourth-order valence-corrected chi connectivity index (χ4v) is 1.55. The van der Waals surface area contributed by atoms with Gasteiger partial charge >= 0.3 is 24.2 Å². The van der Waals surface area contributed by atoms with E-state index >= 15 is 0 Å². The Kier molecular flexibility index (Phi) is 4.92. The molecule has 2 heterocycles. The van der Waals surface area contributed by atoms with Crippen LogP contribution >= 0.6 is 0 Å². The first kappa shape index (κ1) is 17.5. The molecule has 0 amide bonds. The Morgan fingerprint density at radius 2 is 1.92 bits per heavy atom. The Morgan fingerprint density at radius 3 is 2.50 bits per heavy atom. The van der Waals surface area contributed by atoms with Gasteiger partial charge in [0.2, 0.25) is 5.65 Å². The molecule has 0 atom stereocenters. The fraction of sp³-hybridized carbons (Fsp3) is 0.455. The van der Waals surface area contributed by atoms with Gasteiger partial charge in [0.05, 0.1) is 13.7 Å². The van der Waals surface area contributed by atoms with Crippen LogP contribution in [0, 0.1) is 0 Å². The minimum atomic E-state index is -5.22. The summed E-state index contributed by atoms with van der Waals surface area (Å²) in [6, 6.07) is -0.735. The minimum Gasteiger partial charge on any atom is -0.466 e. The number of halogens is 3. The lowest BCUT2D eigenvalue weighted by Crippen LogP contribution is -2.33. The summed E-state index contributed by atoms with van der Waals surface area (Å²) >= 11 is 0. The molecule has 0 aliphatic heterocycles. The highest BCUT2D eigenvalue weighted by atomic mass is 19.4. The van der Waals surface area contributed by atoms with E-state index in [2.05, 4.69) is 19.8 Å². The molecule has 0 radical (unpaired) electrons. The van der Waals surface area contributed by atoms with Crippen molar-refractivity contribution in [3.8, 4) is 12.0 Å². The highest BCUT2D eigenvalue weighted by Gasteiger charge is 2.43. The molecular formula is C11H12F3N5O5. The van der Waals surface area contributed by atoms with Crippen LogP contribution in [-0.4, -0.2) is 59.3 Å². The SMILES string of the molecule is COCCOc1nc(N)c2nc(OC)n(OC(=O)C(F)(F)F)c2n1. The second-order valence-electron chi connectivity index (χ2n) is 4.17. The molecule has 2 N–H and O–H groups in total. The van der Waals surface area contributed by atoms with Gasteiger partial charge in [-0.25, -0.2) is 4.79 Å². The minimum absolute atomic E-state index is 0.0645. The van der Waals surface area contributed by atoms with Crippen LogP contribution in [0.4, 0.5) is 19.0 Å². The highest BCUT2D eigenvalue weighted by molar-refractivity contribution is 5.84. The number of alkyl halides is 3. The summed E-state index contributed by atoms with van der Waals surface area (Å²) in [5.41, 5.74) is 5.20. The first-order valence-electron chi connectivity index (χ1n) is 6.29. The molecule has 0 spiro atoms. The fourth-order valence-electron chi connectivity index (χ4n) is 1.55. The normalized spacial score (nSPS) is 11.5. The summed E-state index contributed by atoms with van der Waals surface area (Å²) in [6.07, 6.45) is -5.22. The number of fused-ring (bicyclic) bond motifs is 1. The lowest BCUT2D eigenvalue weighted by molar-refractivity contribution is -0.199. The molecule has 2 aromatic rings. The van der Waals surface area contributed by atoms with E-state index in [4.69, 9.17) is 19.9 Å². The van der Waals surface area contributed by atoms with Crippen molar-refractivity contribution in [3.63, 3.8) is 0 Å². The molecule has 10 nitrogen and oxygen atoms in total. The molecule has 132 valence electrons. The van der Waals surface area contributed by atoms with E-state index in [1.165, 1.54) is 7.11 Å². The van der Waals surface area contributed by atoms with Crippen LogP contribution in [-0.2, 0) is 9.53 Å². The highest BCUT2D eigenvalue weighted by Crippen LogP contribution is 2.25. The van der Waals surface area contributed by atoms with Crippen molar-refractivity contribution in [1.29, 1.82) is 0 Å². The first-order valence-corrected chi connectivity index (χ1v) is 6.29. The molecule has 24 heavy (non-hydrogen) atoms. The van der Waals surface area contributed by atoms with Crippen molar-refractivity contribution in [1.82, 2.24) is 19.7 Å². The molecule has 0 aromatic carbocycles. The van der Waals surface area contributed by atoms with Crippen molar-refractivity contribution in [3.05, 3.63) is 0 Å². The topological polar surface area (TPSA) is 124 Å². The molecule has 2 rings (SSSR count). The maximum atomic E-state index is 12.4. The van der Waals surface area contributed by atoms with Gasteiger partial charge in [-0.15, -0.1) is 0 Å². The number of nitrogen functional groups attached to an aromatic ring is 1. The zero-order valence-electron chi connectivity index (χ0n) is 12.5. The monoisotopic (exact) mass is 351 g/mol. The average molecular weight is 351 g/mol. The molecule has 0 fully saturated rings. The number of carbonyl (C=O) groups is 1. The van der Waals surface area contributed by atoms with Crippen LogP contribution in [0.3, 0.4) is 0 Å². The third-order valence-electron chi connectivity index (χ3n) is 2.55. The summed E-state index contributed by atoms with van der Waals surface area (Å²) < 4.78 is 52.2. The number of hydrogen-bond acceptors (Lipinski definition) is 9. The molecule has 0 unspecified atom stereocenters. The summed E-state index contributed by atoms with van der Waals surface area (Å²) in [5.74, 6) is -2.69. The second kappa shape index (κ2) is 6.74. The first-order chi connectivity index (χ1) is 11.3. The molecule has 0 saturated carbocycles. The van der Waals surface area contributed by atoms with E-state index in [-0.39, 0.29) is 36.2 Å². The Hall–Kier alpha value is -2.83. The largest absolute Gasteiger partial charge is 0.493 e. The van der Waals surface area contributed by atoms with Gasteiger partial charge in [0.15, 0.2) is 11.3 Å².